The fourth-order valence-corrected chi connectivity index (χ4v) is 8.00. The first-order valence-electron chi connectivity index (χ1n) is 19.1. The average molecular weight is 729 g/mol. The summed E-state index contributed by atoms with van der Waals surface area (Å²) in [6, 6.07) is 66.7. The van der Waals surface area contributed by atoms with Crippen molar-refractivity contribution in [3.8, 4) is 67.7 Å². The van der Waals surface area contributed by atoms with Crippen LogP contribution in [0.15, 0.2) is 199 Å². The van der Waals surface area contributed by atoms with E-state index in [4.69, 9.17) is 24.4 Å². The second kappa shape index (κ2) is 13.5. The van der Waals surface area contributed by atoms with Gasteiger partial charge in [0.15, 0.2) is 17.5 Å². The summed E-state index contributed by atoms with van der Waals surface area (Å²) in [6.07, 6.45) is 0. The molecule has 0 aliphatic rings. The zero-order valence-corrected chi connectivity index (χ0v) is 30.7. The first-order chi connectivity index (χ1) is 28.2. The molecule has 0 bridgehead atoms. The number of aromatic nitrogens is 4. The normalized spacial score (nSPS) is 11.5. The van der Waals surface area contributed by atoms with Gasteiger partial charge in [0, 0.05) is 43.6 Å². The Labute approximate surface area is 328 Å². The van der Waals surface area contributed by atoms with Crippen LogP contribution in [0.1, 0.15) is 0 Å². The third kappa shape index (κ3) is 5.72. The molecule has 3 aromatic heterocycles. The van der Waals surface area contributed by atoms with Crippen molar-refractivity contribution in [2.75, 3.05) is 0 Å². The van der Waals surface area contributed by atoms with E-state index in [1.54, 1.807) is 0 Å². The van der Waals surface area contributed by atoms with E-state index in [0.29, 0.717) is 17.5 Å². The molecule has 11 aromatic rings. The van der Waals surface area contributed by atoms with Crippen LogP contribution in [0.4, 0.5) is 0 Å². The van der Waals surface area contributed by atoms with Crippen molar-refractivity contribution < 1.29 is 4.42 Å². The van der Waals surface area contributed by atoms with Gasteiger partial charge in [0.05, 0.1) is 16.8 Å². The Kier molecular flexibility index (Phi) is 7.74. The van der Waals surface area contributed by atoms with Crippen LogP contribution in [0, 0.1) is 0 Å². The highest BCUT2D eigenvalue weighted by Gasteiger charge is 2.24. The molecule has 0 atom stereocenters. The van der Waals surface area contributed by atoms with Gasteiger partial charge >= 0.3 is 0 Å². The molecular weight excluding hydrogens is 697 g/mol. The third-order valence-electron chi connectivity index (χ3n) is 10.7. The number of hydrogen-bond acceptors (Lipinski definition) is 5. The molecule has 8 aromatic carbocycles. The lowest BCUT2D eigenvalue weighted by molar-refractivity contribution is 0.670. The van der Waals surface area contributed by atoms with Crippen LogP contribution in [0.5, 0.6) is 0 Å². The van der Waals surface area contributed by atoms with Crippen LogP contribution < -0.4 is 0 Å². The Morgan fingerprint density at radius 2 is 0.807 bits per heavy atom. The van der Waals surface area contributed by atoms with Gasteiger partial charge in [0.1, 0.15) is 11.2 Å². The average Bonchev–Trinajstić information content (AvgIpc) is 3.69. The molecule has 0 saturated carbocycles. The lowest BCUT2D eigenvalue weighted by Crippen LogP contribution is -2.01. The van der Waals surface area contributed by atoms with Crippen LogP contribution in [-0.4, -0.2) is 19.9 Å². The minimum absolute atomic E-state index is 0.517. The summed E-state index contributed by atoms with van der Waals surface area (Å²) in [5, 5.41) is 5.17. The molecule has 0 saturated heterocycles. The van der Waals surface area contributed by atoms with Crippen LogP contribution in [0.2, 0.25) is 0 Å². The van der Waals surface area contributed by atoms with Gasteiger partial charge in [-0.1, -0.05) is 164 Å². The van der Waals surface area contributed by atoms with Gasteiger partial charge in [-0.15, -0.1) is 0 Å². The molecule has 5 nitrogen and oxygen atoms in total. The van der Waals surface area contributed by atoms with E-state index in [1.165, 1.54) is 0 Å². The highest BCUT2D eigenvalue weighted by Crippen LogP contribution is 2.45. The minimum atomic E-state index is 0.517. The van der Waals surface area contributed by atoms with Crippen LogP contribution in [0.25, 0.3) is 111 Å². The number of hydrogen-bond donors (Lipinski definition) is 0. The molecule has 0 amide bonds. The van der Waals surface area contributed by atoms with Crippen LogP contribution in [0.3, 0.4) is 0 Å². The van der Waals surface area contributed by atoms with Gasteiger partial charge in [-0.2, -0.15) is 0 Å². The number of fused-ring (bicyclic) bond motifs is 7. The molecule has 11 rings (SSSR count). The maximum atomic E-state index is 6.86. The maximum Gasteiger partial charge on any atom is 0.167 e. The first-order valence-corrected chi connectivity index (χ1v) is 19.1. The van der Waals surface area contributed by atoms with Gasteiger partial charge in [-0.3, -0.25) is 0 Å². The van der Waals surface area contributed by atoms with Crippen molar-refractivity contribution in [2.24, 2.45) is 0 Å². The van der Waals surface area contributed by atoms with E-state index in [1.807, 2.05) is 36.4 Å². The zero-order valence-electron chi connectivity index (χ0n) is 30.7. The van der Waals surface area contributed by atoms with Gasteiger partial charge < -0.3 is 4.42 Å². The molecule has 3 heterocycles. The number of nitrogens with zero attached hydrogens (tertiary/aromatic N) is 4. The van der Waals surface area contributed by atoms with Crippen molar-refractivity contribution in [1.29, 1.82) is 0 Å². The van der Waals surface area contributed by atoms with Crippen molar-refractivity contribution in [2.45, 2.75) is 0 Å². The van der Waals surface area contributed by atoms with Crippen molar-refractivity contribution in [3.05, 3.63) is 194 Å². The van der Waals surface area contributed by atoms with Crippen molar-refractivity contribution in [1.82, 2.24) is 19.9 Å². The predicted octanol–water partition coefficient (Wildman–Crippen LogP) is 13.5. The second-order valence-corrected chi connectivity index (χ2v) is 14.2. The highest BCUT2D eigenvalue weighted by molar-refractivity contribution is 6.30. The number of pyridine rings is 1. The van der Waals surface area contributed by atoms with Gasteiger partial charge in [-0.05, 0) is 52.6 Å². The zero-order chi connectivity index (χ0) is 37.7. The number of benzene rings is 8. The molecule has 266 valence electrons. The third-order valence-corrected chi connectivity index (χ3v) is 10.7. The fraction of sp³-hybridized carbons (Fsp3) is 0. The van der Waals surface area contributed by atoms with Crippen LogP contribution >= 0.6 is 0 Å². The first kappa shape index (κ1) is 32.7. The summed E-state index contributed by atoms with van der Waals surface area (Å²) in [7, 11) is 0. The van der Waals surface area contributed by atoms with Crippen molar-refractivity contribution in [3.63, 3.8) is 0 Å². The second-order valence-electron chi connectivity index (χ2n) is 14.2. The molecule has 0 aliphatic heterocycles. The number of furan rings is 1. The van der Waals surface area contributed by atoms with E-state index in [0.717, 1.165) is 93.8 Å². The SMILES string of the molecule is c1ccc(-c2cccc(-c3nc(-c4cccc(-c5ccccc5)c4)nc(-c4cc5c(-c6ccccc6)nc6ccccc6c5c5c4oc4ccccc45)n3)c2)cc1. The maximum absolute atomic E-state index is 6.86. The van der Waals surface area contributed by atoms with Crippen LogP contribution in [-0.2, 0) is 0 Å². The molecule has 57 heavy (non-hydrogen) atoms. The van der Waals surface area contributed by atoms with E-state index in [2.05, 4.69) is 158 Å². The topological polar surface area (TPSA) is 64.7 Å². The Morgan fingerprint density at radius 3 is 1.44 bits per heavy atom. The Bertz CT molecular complexity index is 3180. The monoisotopic (exact) mass is 728 g/mol. The van der Waals surface area contributed by atoms with E-state index in [-0.39, 0.29) is 0 Å². The van der Waals surface area contributed by atoms with Crippen molar-refractivity contribution >= 4 is 43.6 Å². The number of rotatable bonds is 6. The lowest BCUT2D eigenvalue weighted by Gasteiger charge is -2.14. The molecule has 0 aliphatic carbocycles. The molecule has 0 radical (unpaired) electrons. The summed E-state index contributed by atoms with van der Waals surface area (Å²) in [5.74, 6) is 1.66. The standard InChI is InChI=1S/C52H32N4O/c1-4-16-33(17-5-1)36-22-14-24-38(30-36)50-54-51(39-25-15-23-37(31-39)34-18-6-2-7-19-34)56-52(55-50)43-32-42-46(47-41-27-11-13-29-45(41)57-49(43)47)40-26-10-12-28-44(40)53-48(42)35-20-8-3-9-21-35/h1-32H. The summed E-state index contributed by atoms with van der Waals surface area (Å²) >= 11 is 0. The largest absolute Gasteiger partial charge is 0.455 e. The molecule has 5 heteroatoms. The highest BCUT2D eigenvalue weighted by atomic mass is 16.3. The van der Waals surface area contributed by atoms with E-state index < -0.39 is 0 Å². The molecule has 0 fully saturated rings. The summed E-state index contributed by atoms with van der Waals surface area (Å²) < 4.78 is 6.86. The summed E-state index contributed by atoms with van der Waals surface area (Å²) in [4.78, 5) is 21.1. The summed E-state index contributed by atoms with van der Waals surface area (Å²) in [5.41, 5.74) is 11.3. The lowest BCUT2D eigenvalue weighted by atomic mass is 9.93. The molecule has 0 N–H and O–H groups in total. The van der Waals surface area contributed by atoms with Gasteiger partial charge in [0.25, 0.3) is 0 Å². The Hall–Kier alpha value is -7.76. The molecular formula is C52H32N4O. The quantitative estimate of drug-likeness (QED) is 0.160. The molecule has 0 spiro atoms. The van der Waals surface area contributed by atoms with Gasteiger partial charge in [0.2, 0.25) is 0 Å². The number of para-hydroxylation sites is 2. The minimum Gasteiger partial charge on any atom is -0.455 e. The molecule has 0 unspecified atom stereocenters. The van der Waals surface area contributed by atoms with E-state index >= 15 is 0 Å². The summed E-state index contributed by atoms with van der Waals surface area (Å²) in [6.45, 7) is 0. The smallest absolute Gasteiger partial charge is 0.167 e. The fourth-order valence-electron chi connectivity index (χ4n) is 8.00. The van der Waals surface area contributed by atoms with Gasteiger partial charge in [-0.25, -0.2) is 19.9 Å². The Balaban J connectivity index is 1.23. The van der Waals surface area contributed by atoms with E-state index in [9.17, 15) is 0 Å². The Morgan fingerprint density at radius 1 is 0.316 bits per heavy atom. The predicted molar refractivity (Wildman–Crippen MR) is 233 cm³/mol.